The molecule has 18 heavy (non-hydrogen) atoms. The first kappa shape index (κ1) is 13.7. The van der Waals surface area contributed by atoms with Gasteiger partial charge in [-0.3, -0.25) is 4.79 Å². The third-order valence-electron chi connectivity index (χ3n) is 3.73. The fourth-order valence-electron chi connectivity index (χ4n) is 2.68. The standard InChI is InChI=1S/C13H15ClN2O.ClH/c14-11-4-2-1-3-8(11)5-12(17)16-13-9-6-15-7-10(9)13;/h1-4,9-10,13,15H,5-7H2,(H,16,17);1H. The number of carbonyl (C=O) groups excluding carboxylic acids is 1. The van der Waals surface area contributed by atoms with Gasteiger partial charge < -0.3 is 10.6 Å². The van der Waals surface area contributed by atoms with E-state index in [2.05, 4.69) is 10.6 Å². The number of benzene rings is 1. The molecule has 98 valence electrons. The van der Waals surface area contributed by atoms with Gasteiger partial charge in [0.25, 0.3) is 0 Å². The maximum Gasteiger partial charge on any atom is 0.224 e. The molecule has 2 unspecified atom stereocenters. The maximum atomic E-state index is 11.9. The van der Waals surface area contributed by atoms with Crippen LogP contribution in [0.4, 0.5) is 0 Å². The average Bonchev–Trinajstić information content (AvgIpc) is 2.76. The molecular formula is C13H16Cl2N2O. The lowest BCUT2D eigenvalue weighted by Crippen LogP contribution is -2.33. The lowest BCUT2D eigenvalue weighted by molar-refractivity contribution is -0.120. The Morgan fingerprint density at radius 1 is 1.33 bits per heavy atom. The van der Waals surface area contributed by atoms with Crippen LogP contribution in [0.25, 0.3) is 0 Å². The molecule has 2 fully saturated rings. The fraction of sp³-hybridized carbons (Fsp3) is 0.462. The van der Waals surface area contributed by atoms with Gasteiger partial charge in [0.15, 0.2) is 0 Å². The third-order valence-corrected chi connectivity index (χ3v) is 4.10. The highest BCUT2D eigenvalue weighted by atomic mass is 35.5. The molecule has 2 N–H and O–H groups in total. The van der Waals surface area contributed by atoms with Gasteiger partial charge in [0, 0.05) is 24.2 Å². The van der Waals surface area contributed by atoms with E-state index in [0.29, 0.717) is 29.3 Å². The number of piperidine rings is 1. The summed E-state index contributed by atoms with van der Waals surface area (Å²) in [5, 5.41) is 7.07. The molecule has 1 saturated heterocycles. The molecule has 1 aromatic rings. The molecular weight excluding hydrogens is 271 g/mol. The average molecular weight is 287 g/mol. The number of hydrogen-bond donors (Lipinski definition) is 2. The number of nitrogens with one attached hydrogen (secondary N) is 2. The van der Waals surface area contributed by atoms with Crippen LogP contribution in [0.5, 0.6) is 0 Å². The van der Waals surface area contributed by atoms with Gasteiger partial charge in [0.1, 0.15) is 0 Å². The molecule has 0 radical (unpaired) electrons. The van der Waals surface area contributed by atoms with Crippen LogP contribution < -0.4 is 10.6 Å². The molecule has 0 bridgehead atoms. The molecule has 0 spiro atoms. The van der Waals surface area contributed by atoms with Gasteiger partial charge in [-0.25, -0.2) is 0 Å². The summed E-state index contributed by atoms with van der Waals surface area (Å²) in [4.78, 5) is 11.9. The van der Waals surface area contributed by atoms with Gasteiger partial charge in [-0.05, 0) is 23.5 Å². The zero-order valence-corrected chi connectivity index (χ0v) is 11.4. The second-order valence-corrected chi connectivity index (χ2v) is 5.25. The van der Waals surface area contributed by atoms with Crippen LogP contribution in [-0.2, 0) is 11.2 Å². The summed E-state index contributed by atoms with van der Waals surface area (Å²) in [5.74, 6) is 1.40. The molecule has 1 heterocycles. The third kappa shape index (κ3) is 2.63. The SMILES string of the molecule is Cl.O=C(Cc1ccccc1Cl)NC1C2CNCC21. The van der Waals surface area contributed by atoms with E-state index < -0.39 is 0 Å². The van der Waals surface area contributed by atoms with E-state index in [-0.39, 0.29) is 18.3 Å². The Bertz CT molecular complexity index is 442. The smallest absolute Gasteiger partial charge is 0.224 e. The molecule has 1 aliphatic carbocycles. The normalized spacial score (nSPS) is 28.2. The second kappa shape index (κ2) is 5.47. The second-order valence-electron chi connectivity index (χ2n) is 4.85. The van der Waals surface area contributed by atoms with Crippen LogP contribution in [0.1, 0.15) is 5.56 Å². The van der Waals surface area contributed by atoms with Crippen LogP contribution in [-0.4, -0.2) is 25.0 Å². The summed E-state index contributed by atoms with van der Waals surface area (Å²) in [6.45, 7) is 2.09. The number of carbonyl (C=O) groups is 1. The Balaban J connectivity index is 0.00000120. The van der Waals surface area contributed by atoms with Gasteiger partial charge in [0.2, 0.25) is 5.91 Å². The first-order chi connectivity index (χ1) is 8.25. The largest absolute Gasteiger partial charge is 0.352 e. The fourth-order valence-corrected chi connectivity index (χ4v) is 2.89. The van der Waals surface area contributed by atoms with Gasteiger partial charge >= 0.3 is 0 Å². The quantitative estimate of drug-likeness (QED) is 0.887. The van der Waals surface area contributed by atoms with Crippen molar-refractivity contribution in [2.75, 3.05) is 13.1 Å². The highest BCUT2D eigenvalue weighted by Gasteiger charge is 2.53. The maximum absolute atomic E-state index is 11.9. The van der Waals surface area contributed by atoms with Crippen molar-refractivity contribution in [2.24, 2.45) is 11.8 Å². The Kier molecular flexibility index (Phi) is 4.15. The molecule has 0 aromatic heterocycles. The molecule has 2 aliphatic rings. The number of rotatable bonds is 3. The monoisotopic (exact) mass is 286 g/mol. The topological polar surface area (TPSA) is 41.1 Å². The van der Waals surface area contributed by atoms with E-state index in [4.69, 9.17) is 11.6 Å². The van der Waals surface area contributed by atoms with Gasteiger partial charge in [0.05, 0.1) is 6.42 Å². The summed E-state index contributed by atoms with van der Waals surface area (Å²) >= 11 is 6.03. The Labute approximate surface area is 118 Å². The van der Waals surface area contributed by atoms with E-state index in [0.717, 1.165) is 18.7 Å². The van der Waals surface area contributed by atoms with E-state index in [1.165, 1.54) is 0 Å². The van der Waals surface area contributed by atoms with Crippen LogP contribution in [0.2, 0.25) is 5.02 Å². The lowest BCUT2D eigenvalue weighted by Gasteiger charge is -2.08. The Morgan fingerprint density at radius 3 is 2.67 bits per heavy atom. The van der Waals surface area contributed by atoms with Crippen LogP contribution in [0.15, 0.2) is 24.3 Å². The van der Waals surface area contributed by atoms with Crippen LogP contribution >= 0.6 is 24.0 Å². The highest BCUT2D eigenvalue weighted by molar-refractivity contribution is 6.31. The molecule has 1 saturated carbocycles. The first-order valence-corrected chi connectivity index (χ1v) is 6.37. The van der Waals surface area contributed by atoms with E-state index >= 15 is 0 Å². The zero-order chi connectivity index (χ0) is 11.8. The molecule has 3 nitrogen and oxygen atoms in total. The van der Waals surface area contributed by atoms with E-state index in [1.807, 2.05) is 24.3 Å². The van der Waals surface area contributed by atoms with Crippen LogP contribution in [0, 0.1) is 11.8 Å². The van der Waals surface area contributed by atoms with Gasteiger partial charge in [-0.1, -0.05) is 29.8 Å². The number of halogens is 2. The Morgan fingerprint density at radius 2 is 2.00 bits per heavy atom. The van der Waals surface area contributed by atoms with Crippen molar-refractivity contribution in [2.45, 2.75) is 12.5 Å². The minimum atomic E-state index is 0. The van der Waals surface area contributed by atoms with E-state index in [1.54, 1.807) is 0 Å². The van der Waals surface area contributed by atoms with Crippen molar-refractivity contribution in [1.82, 2.24) is 10.6 Å². The molecule has 2 atom stereocenters. The molecule has 1 amide bonds. The van der Waals surface area contributed by atoms with Crippen molar-refractivity contribution >= 4 is 29.9 Å². The van der Waals surface area contributed by atoms with Crippen molar-refractivity contribution in [3.63, 3.8) is 0 Å². The summed E-state index contributed by atoms with van der Waals surface area (Å²) in [6.07, 6.45) is 0.378. The van der Waals surface area contributed by atoms with Crippen LogP contribution in [0.3, 0.4) is 0 Å². The molecule has 3 rings (SSSR count). The summed E-state index contributed by atoms with van der Waals surface area (Å²) in [7, 11) is 0. The minimum Gasteiger partial charge on any atom is -0.352 e. The predicted molar refractivity (Wildman–Crippen MR) is 74.2 cm³/mol. The number of fused-ring (bicyclic) bond motifs is 1. The molecule has 1 aliphatic heterocycles. The van der Waals surface area contributed by atoms with Gasteiger partial charge in [-0.2, -0.15) is 0 Å². The van der Waals surface area contributed by atoms with Crippen molar-refractivity contribution in [1.29, 1.82) is 0 Å². The number of amides is 1. The molecule has 5 heteroatoms. The lowest BCUT2D eigenvalue weighted by atomic mass is 10.1. The van der Waals surface area contributed by atoms with Crippen molar-refractivity contribution in [3.8, 4) is 0 Å². The van der Waals surface area contributed by atoms with E-state index in [9.17, 15) is 4.79 Å². The van der Waals surface area contributed by atoms with Gasteiger partial charge in [-0.15, -0.1) is 12.4 Å². The van der Waals surface area contributed by atoms with Crippen molar-refractivity contribution < 1.29 is 4.79 Å². The minimum absolute atomic E-state index is 0. The summed E-state index contributed by atoms with van der Waals surface area (Å²) in [6, 6.07) is 7.90. The summed E-state index contributed by atoms with van der Waals surface area (Å²) < 4.78 is 0. The number of hydrogen-bond acceptors (Lipinski definition) is 2. The molecule has 1 aromatic carbocycles. The predicted octanol–water partition coefficient (Wildman–Crippen LogP) is 1.64. The van der Waals surface area contributed by atoms with Crippen molar-refractivity contribution in [3.05, 3.63) is 34.9 Å². The highest BCUT2D eigenvalue weighted by Crippen LogP contribution is 2.41. The summed E-state index contributed by atoms with van der Waals surface area (Å²) in [5.41, 5.74) is 0.899. The first-order valence-electron chi connectivity index (χ1n) is 5.99. The zero-order valence-electron chi connectivity index (χ0n) is 9.86. The Hall–Kier alpha value is -0.770.